The Morgan fingerprint density at radius 3 is 2.55 bits per heavy atom. The topological polar surface area (TPSA) is 58.6 Å². The van der Waals surface area contributed by atoms with Crippen LogP contribution in [0.5, 0.6) is 5.75 Å². The van der Waals surface area contributed by atoms with Gasteiger partial charge in [-0.3, -0.25) is 9.59 Å². The molecule has 5 nitrogen and oxygen atoms in total. The molecule has 1 atom stereocenters. The van der Waals surface area contributed by atoms with Crippen molar-refractivity contribution in [3.8, 4) is 5.75 Å². The highest BCUT2D eigenvalue weighted by atomic mass is 79.9. The number of carbonyl (C=O) groups excluding carboxylic acids is 2. The molecule has 0 spiro atoms. The maximum atomic E-state index is 13.3. The smallest absolute Gasteiger partial charge is 0.261 e. The molecule has 2 aromatic rings. The molecule has 1 fully saturated rings. The van der Waals surface area contributed by atoms with Gasteiger partial charge in [0.2, 0.25) is 5.91 Å². The first-order valence-electron chi connectivity index (χ1n) is 11.3. The Morgan fingerprint density at radius 1 is 1.15 bits per heavy atom. The van der Waals surface area contributed by atoms with Crippen molar-refractivity contribution in [2.24, 2.45) is 0 Å². The van der Waals surface area contributed by atoms with E-state index in [1.807, 2.05) is 25.1 Å². The van der Waals surface area contributed by atoms with Crippen LogP contribution in [0, 0.1) is 0 Å². The van der Waals surface area contributed by atoms with Crippen LogP contribution in [0.1, 0.15) is 51.0 Å². The molecule has 1 aliphatic rings. The molecule has 2 aromatic carbocycles. The lowest BCUT2D eigenvalue weighted by Gasteiger charge is -2.33. The normalized spacial score (nSPS) is 15.0. The van der Waals surface area contributed by atoms with Crippen molar-refractivity contribution in [2.45, 2.75) is 64.1 Å². The van der Waals surface area contributed by atoms with Gasteiger partial charge < -0.3 is 15.0 Å². The largest absolute Gasteiger partial charge is 0.483 e. The number of hydrogen-bond donors (Lipinski definition) is 1. The molecule has 2 amide bonds. The zero-order valence-electron chi connectivity index (χ0n) is 18.7. The number of nitrogens with one attached hydrogen (secondary N) is 1. The summed E-state index contributed by atoms with van der Waals surface area (Å²) in [5.41, 5.74) is 0.782. The Labute approximate surface area is 213 Å². The van der Waals surface area contributed by atoms with Crippen molar-refractivity contribution in [1.29, 1.82) is 0 Å². The van der Waals surface area contributed by atoms with Crippen molar-refractivity contribution in [3.05, 3.63) is 62.5 Å². The second-order valence-electron chi connectivity index (χ2n) is 8.24. The maximum absolute atomic E-state index is 13.3. The molecule has 1 N–H and O–H groups in total. The summed E-state index contributed by atoms with van der Waals surface area (Å²) in [6, 6.07) is 12.0. The van der Waals surface area contributed by atoms with E-state index in [1.165, 1.54) is 6.42 Å². The van der Waals surface area contributed by atoms with E-state index in [0.717, 1.165) is 31.2 Å². The summed E-state index contributed by atoms with van der Waals surface area (Å²) in [6.45, 7) is 1.92. The molecule has 0 aromatic heterocycles. The van der Waals surface area contributed by atoms with Gasteiger partial charge in [0.1, 0.15) is 11.8 Å². The third-order valence-corrected chi connectivity index (χ3v) is 7.10. The monoisotopic (exact) mass is 554 g/mol. The van der Waals surface area contributed by atoms with Gasteiger partial charge in [0.25, 0.3) is 5.91 Å². The summed E-state index contributed by atoms with van der Waals surface area (Å²) in [6.07, 6.45) is 5.89. The van der Waals surface area contributed by atoms with Crippen LogP contribution in [0.15, 0.2) is 46.9 Å². The SMILES string of the molecule is CCC(C(=O)NC1CCCCC1)N(Cc1ccccc1Cl)C(=O)COc1ccc(Cl)cc1Br. The molecule has 1 unspecified atom stereocenters. The number of benzene rings is 2. The molecule has 0 aliphatic heterocycles. The van der Waals surface area contributed by atoms with E-state index in [1.54, 1.807) is 29.2 Å². The number of rotatable bonds is 9. The highest BCUT2D eigenvalue weighted by Crippen LogP contribution is 2.28. The lowest BCUT2D eigenvalue weighted by atomic mass is 9.95. The van der Waals surface area contributed by atoms with Crippen LogP contribution in [0.25, 0.3) is 0 Å². The molecule has 0 bridgehead atoms. The highest BCUT2D eigenvalue weighted by Gasteiger charge is 2.31. The lowest BCUT2D eigenvalue weighted by Crippen LogP contribution is -2.52. The predicted molar refractivity (Wildman–Crippen MR) is 136 cm³/mol. The van der Waals surface area contributed by atoms with E-state index in [9.17, 15) is 9.59 Å². The Morgan fingerprint density at radius 2 is 1.88 bits per heavy atom. The van der Waals surface area contributed by atoms with E-state index in [4.69, 9.17) is 27.9 Å². The van der Waals surface area contributed by atoms with Crippen LogP contribution in [0.3, 0.4) is 0 Å². The van der Waals surface area contributed by atoms with Gasteiger partial charge in [-0.15, -0.1) is 0 Å². The zero-order chi connectivity index (χ0) is 23.8. The number of ether oxygens (including phenoxy) is 1. The van der Waals surface area contributed by atoms with Crippen molar-refractivity contribution < 1.29 is 14.3 Å². The van der Waals surface area contributed by atoms with Crippen LogP contribution in [0.2, 0.25) is 10.0 Å². The van der Waals surface area contributed by atoms with Gasteiger partial charge in [0, 0.05) is 22.6 Å². The quantitative estimate of drug-likeness (QED) is 0.390. The fraction of sp³-hybridized carbons (Fsp3) is 0.440. The molecular weight excluding hydrogens is 527 g/mol. The van der Waals surface area contributed by atoms with E-state index < -0.39 is 6.04 Å². The van der Waals surface area contributed by atoms with E-state index >= 15 is 0 Å². The van der Waals surface area contributed by atoms with E-state index in [0.29, 0.717) is 26.7 Å². The first-order valence-corrected chi connectivity index (χ1v) is 12.8. The second-order valence-corrected chi connectivity index (χ2v) is 9.94. The predicted octanol–water partition coefficient (Wildman–Crippen LogP) is 6.39. The molecule has 0 radical (unpaired) electrons. The number of nitrogens with zero attached hydrogens (tertiary/aromatic N) is 1. The van der Waals surface area contributed by atoms with Gasteiger partial charge >= 0.3 is 0 Å². The fourth-order valence-corrected chi connectivity index (χ4v) is 5.08. The molecule has 1 saturated carbocycles. The molecule has 3 rings (SSSR count). The minimum Gasteiger partial charge on any atom is -0.483 e. The van der Waals surface area contributed by atoms with Gasteiger partial charge in [0.15, 0.2) is 6.61 Å². The summed E-state index contributed by atoms with van der Waals surface area (Å²) in [7, 11) is 0. The first-order chi connectivity index (χ1) is 15.9. The Bertz CT molecular complexity index is 966. The number of carbonyl (C=O) groups is 2. The van der Waals surface area contributed by atoms with Crippen LogP contribution < -0.4 is 10.1 Å². The molecule has 0 heterocycles. The fourth-order valence-electron chi connectivity index (χ4n) is 4.09. The van der Waals surface area contributed by atoms with Crippen LogP contribution in [0.4, 0.5) is 0 Å². The molecule has 0 saturated heterocycles. The van der Waals surface area contributed by atoms with Gasteiger partial charge in [-0.2, -0.15) is 0 Å². The Hall–Kier alpha value is -1.76. The average Bonchev–Trinajstić information content (AvgIpc) is 2.80. The summed E-state index contributed by atoms with van der Waals surface area (Å²) < 4.78 is 6.42. The van der Waals surface area contributed by atoms with Crippen LogP contribution >= 0.6 is 39.1 Å². The summed E-state index contributed by atoms with van der Waals surface area (Å²) in [5, 5.41) is 4.28. The van der Waals surface area contributed by atoms with Gasteiger partial charge in [-0.05, 0) is 65.0 Å². The van der Waals surface area contributed by atoms with Crippen molar-refractivity contribution in [3.63, 3.8) is 0 Å². The van der Waals surface area contributed by atoms with E-state index in [2.05, 4.69) is 21.2 Å². The van der Waals surface area contributed by atoms with Crippen LogP contribution in [-0.2, 0) is 16.1 Å². The summed E-state index contributed by atoms with van der Waals surface area (Å²) >= 11 is 15.8. The maximum Gasteiger partial charge on any atom is 0.261 e. The number of halogens is 3. The molecule has 1 aliphatic carbocycles. The minimum absolute atomic E-state index is 0.127. The van der Waals surface area contributed by atoms with Crippen molar-refractivity contribution in [1.82, 2.24) is 10.2 Å². The average molecular weight is 556 g/mol. The van der Waals surface area contributed by atoms with Crippen LogP contribution in [-0.4, -0.2) is 35.4 Å². The van der Waals surface area contributed by atoms with Gasteiger partial charge in [-0.25, -0.2) is 0 Å². The standard InChI is InChI=1S/C25H29BrCl2N2O3/c1-2-22(25(32)29-19-9-4-3-5-10-19)30(15-17-8-6-7-11-21(17)28)24(31)16-33-23-13-12-18(27)14-20(23)26/h6-8,11-14,19,22H,2-5,9-10,15-16H2,1H3,(H,29,32). The summed E-state index contributed by atoms with van der Waals surface area (Å²) in [5.74, 6) is 0.0880. The number of hydrogen-bond acceptors (Lipinski definition) is 3. The van der Waals surface area contributed by atoms with E-state index in [-0.39, 0.29) is 31.0 Å². The molecule has 8 heteroatoms. The third-order valence-electron chi connectivity index (χ3n) is 5.88. The zero-order valence-corrected chi connectivity index (χ0v) is 21.8. The van der Waals surface area contributed by atoms with Crippen molar-refractivity contribution in [2.75, 3.05) is 6.61 Å². The number of amides is 2. The third kappa shape index (κ3) is 7.36. The summed E-state index contributed by atoms with van der Waals surface area (Å²) in [4.78, 5) is 28.1. The Balaban J connectivity index is 1.78. The highest BCUT2D eigenvalue weighted by molar-refractivity contribution is 9.10. The van der Waals surface area contributed by atoms with Gasteiger partial charge in [-0.1, -0.05) is 67.6 Å². The molecule has 178 valence electrons. The second kappa shape index (κ2) is 12.6. The molecule has 33 heavy (non-hydrogen) atoms. The molecular formula is C25H29BrCl2N2O3. The minimum atomic E-state index is -0.618. The van der Waals surface area contributed by atoms with Gasteiger partial charge in [0.05, 0.1) is 4.47 Å². The first kappa shape index (κ1) is 25.9. The Kier molecular flexibility index (Phi) is 9.90. The van der Waals surface area contributed by atoms with Crippen molar-refractivity contribution >= 4 is 50.9 Å². The lowest BCUT2D eigenvalue weighted by molar-refractivity contribution is -0.143.